The van der Waals surface area contributed by atoms with Crippen molar-refractivity contribution in [2.24, 2.45) is 0 Å². The predicted molar refractivity (Wildman–Crippen MR) is 157 cm³/mol. The summed E-state index contributed by atoms with van der Waals surface area (Å²) >= 11 is 0. The van der Waals surface area contributed by atoms with E-state index in [-0.39, 0.29) is 19.8 Å². The average molecular weight is 572 g/mol. The van der Waals surface area contributed by atoms with Crippen LogP contribution in [0.25, 0.3) is 0 Å². The molecule has 0 aromatic rings. The number of nitrogens with zero attached hydrogens (tertiary/aromatic N) is 1. The van der Waals surface area contributed by atoms with Crippen LogP contribution in [-0.2, 0) is 27.9 Å². The Morgan fingerprint density at radius 3 is 1.95 bits per heavy atom. The molecule has 0 spiro atoms. The number of hydrogen-bond donors (Lipinski definition) is 0. The molecular formula is C30H54NO7P. The van der Waals surface area contributed by atoms with Gasteiger partial charge in [-0.15, -0.1) is 0 Å². The summed E-state index contributed by atoms with van der Waals surface area (Å²) in [7, 11) is 1.32. The fraction of sp³-hybridized carbons (Fsp3) is 0.700. The SMILES string of the molecule is CC/C=C\C/C=C\C/C=C\C/C=C\CCCCCCCOCC(COP(=O)([O-])OCC[N+](C)(C)C)OC(C)=O. The Balaban J connectivity index is 3.84. The van der Waals surface area contributed by atoms with E-state index in [1.54, 1.807) is 0 Å². The number of esters is 1. The van der Waals surface area contributed by atoms with E-state index in [0.717, 1.165) is 51.4 Å². The molecule has 9 heteroatoms. The molecule has 0 saturated carbocycles. The molecule has 0 aliphatic carbocycles. The standard InChI is InChI=1S/C30H54NO7P/c1-6-7-8-9-10-11-12-13-14-15-16-17-18-19-20-21-22-23-25-35-27-30(38-29(2)32)28-37-39(33,34)36-26-24-31(3,4)5/h7-8,10-11,13-14,16-17,30H,6,9,12,15,18-28H2,1-5H3/b8-7-,11-10-,14-13-,17-16-. The number of hydrogen-bond acceptors (Lipinski definition) is 7. The molecule has 2 atom stereocenters. The number of quaternary nitrogens is 1. The molecule has 0 aliphatic rings. The zero-order valence-corrected chi connectivity index (χ0v) is 25.9. The summed E-state index contributed by atoms with van der Waals surface area (Å²) in [5.74, 6) is -0.521. The van der Waals surface area contributed by atoms with Crippen molar-refractivity contribution >= 4 is 13.8 Å². The quantitative estimate of drug-likeness (QED) is 0.0418. The van der Waals surface area contributed by atoms with Gasteiger partial charge in [-0.1, -0.05) is 74.8 Å². The van der Waals surface area contributed by atoms with Crippen molar-refractivity contribution in [1.29, 1.82) is 0 Å². The van der Waals surface area contributed by atoms with Gasteiger partial charge in [-0.3, -0.25) is 9.36 Å². The molecule has 0 radical (unpaired) electrons. The van der Waals surface area contributed by atoms with Crippen molar-refractivity contribution in [2.45, 2.75) is 84.2 Å². The third-order valence-electron chi connectivity index (χ3n) is 5.44. The van der Waals surface area contributed by atoms with Crippen LogP contribution < -0.4 is 4.89 Å². The molecule has 0 aromatic heterocycles. The van der Waals surface area contributed by atoms with E-state index in [4.69, 9.17) is 18.5 Å². The summed E-state index contributed by atoms with van der Waals surface area (Å²) in [6, 6.07) is 0. The van der Waals surface area contributed by atoms with Gasteiger partial charge in [0.2, 0.25) is 0 Å². The van der Waals surface area contributed by atoms with Crippen molar-refractivity contribution in [3.8, 4) is 0 Å². The van der Waals surface area contributed by atoms with Gasteiger partial charge in [-0.2, -0.15) is 0 Å². The highest BCUT2D eigenvalue weighted by molar-refractivity contribution is 7.45. The maximum atomic E-state index is 11.9. The molecule has 0 N–H and O–H groups in total. The minimum Gasteiger partial charge on any atom is -0.756 e. The molecule has 0 fully saturated rings. The zero-order chi connectivity index (χ0) is 29.2. The summed E-state index contributed by atoms with van der Waals surface area (Å²) in [5.41, 5.74) is 0. The first-order chi connectivity index (χ1) is 18.6. The highest BCUT2D eigenvalue weighted by Gasteiger charge is 2.19. The van der Waals surface area contributed by atoms with Gasteiger partial charge in [-0.05, 0) is 44.9 Å². The number of unbranched alkanes of at least 4 members (excludes halogenated alkanes) is 5. The highest BCUT2D eigenvalue weighted by Crippen LogP contribution is 2.38. The summed E-state index contributed by atoms with van der Waals surface area (Å²) in [6.45, 7) is 4.20. The minimum atomic E-state index is -4.48. The Bertz CT molecular complexity index is 772. The van der Waals surface area contributed by atoms with Crippen LogP contribution in [-0.4, -0.2) is 70.7 Å². The van der Waals surface area contributed by atoms with E-state index in [0.29, 0.717) is 17.6 Å². The van der Waals surface area contributed by atoms with E-state index >= 15 is 0 Å². The molecule has 0 bridgehead atoms. The molecule has 0 heterocycles. The van der Waals surface area contributed by atoms with Gasteiger partial charge in [0.05, 0.1) is 34.4 Å². The molecule has 2 unspecified atom stereocenters. The monoisotopic (exact) mass is 571 g/mol. The van der Waals surface area contributed by atoms with Gasteiger partial charge in [0, 0.05) is 13.5 Å². The third-order valence-corrected chi connectivity index (χ3v) is 6.41. The van der Waals surface area contributed by atoms with Crippen LogP contribution in [0.5, 0.6) is 0 Å². The Morgan fingerprint density at radius 2 is 1.36 bits per heavy atom. The van der Waals surface area contributed by atoms with Crippen LogP contribution in [0.1, 0.15) is 78.1 Å². The second kappa shape index (κ2) is 24.3. The predicted octanol–water partition coefficient (Wildman–Crippen LogP) is 6.29. The van der Waals surface area contributed by atoms with Gasteiger partial charge in [0.25, 0.3) is 7.82 Å². The topological polar surface area (TPSA) is 94.1 Å². The van der Waals surface area contributed by atoms with Crippen LogP contribution in [0.2, 0.25) is 0 Å². The molecule has 8 nitrogen and oxygen atoms in total. The first-order valence-electron chi connectivity index (χ1n) is 14.3. The van der Waals surface area contributed by atoms with E-state index in [1.807, 2.05) is 21.1 Å². The highest BCUT2D eigenvalue weighted by atomic mass is 31.2. The lowest BCUT2D eigenvalue weighted by molar-refractivity contribution is -0.870. The average Bonchev–Trinajstić information content (AvgIpc) is 2.84. The number of carbonyl (C=O) groups is 1. The fourth-order valence-electron chi connectivity index (χ4n) is 3.30. The van der Waals surface area contributed by atoms with Crippen molar-refractivity contribution in [2.75, 3.05) is 54.1 Å². The lowest BCUT2D eigenvalue weighted by atomic mass is 10.1. The largest absolute Gasteiger partial charge is 0.756 e. The number of rotatable bonds is 25. The lowest BCUT2D eigenvalue weighted by Gasteiger charge is -2.28. The van der Waals surface area contributed by atoms with Crippen LogP contribution >= 0.6 is 7.82 Å². The summed E-state index contributed by atoms with van der Waals surface area (Å²) in [4.78, 5) is 23.3. The van der Waals surface area contributed by atoms with Crippen molar-refractivity contribution < 1.29 is 37.3 Å². The second-order valence-corrected chi connectivity index (χ2v) is 11.9. The van der Waals surface area contributed by atoms with Gasteiger partial charge in [0.15, 0.2) is 0 Å². The first-order valence-corrected chi connectivity index (χ1v) is 15.8. The zero-order valence-electron chi connectivity index (χ0n) is 25.1. The van der Waals surface area contributed by atoms with Gasteiger partial charge in [-0.25, -0.2) is 0 Å². The molecule has 0 rings (SSSR count). The van der Waals surface area contributed by atoms with E-state index in [2.05, 4.69) is 55.5 Å². The Kier molecular flexibility index (Phi) is 23.3. The second-order valence-electron chi connectivity index (χ2n) is 10.5. The van der Waals surface area contributed by atoms with E-state index in [9.17, 15) is 14.3 Å². The number of ether oxygens (including phenoxy) is 2. The molecule has 39 heavy (non-hydrogen) atoms. The number of phosphoric ester groups is 1. The van der Waals surface area contributed by atoms with Crippen molar-refractivity contribution in [3.05, 3.63) is 48.6 Å². The Hall–Kier alpha value is -1.54. The molecule has 0 aromatic carbocycles. The number of allylic oxidation sites excluding steroid dienone is 8. The Labute approximate surface area is 237 Å². The van der Waals surface area contributed by atoms with Crippen LogP contribution in [0, 0.1) is 0 Å². The van der Waals surface area contributed by atoms with Crippen LogP contribution in [0.3, 0.4) is 0 Å². The summed E-state index contributed by atoms with van der Waals surface area (Å²) in [6.07, 6.45) is 27.5. The number of carbonyl (C=O) groups excluding carboxylic acids is 1. The fourth-order valence-corrected chi connectivity index (χ4v) is 4.03. The molecule has 0 amide bonds. The van der Waals surface area contributed by atoms with Gasteiger partial charge in [0.1, 0.15) is 19.3 Å². The smallest absolute Gasteiger partial charge is 0.303 e. The molecular weight excluding hydrogens is 517 g/mol. The first kappa shape index (κ1) is 37.5. The number of phosphoric acid groups is 1. The maximum Gasteiger partial charge on any atom is 0.303 e. The van der Waals surface area contributed by atoms with Gasteiger partial charge >= 0.3 is 5.97 Å². The van der Waals surface area contributed by atoms with Crippen molar-refractivity contribution in [1.82, 2.24) is 0 Å². The summed E-state index contributed by atoms with van der Waals surface area (Å²) in [5, 5.41) is 0. The number of likely N-dealkylation sites (N-methyl/N-ethyl adjacent to an activating group) is 1. The molecule has 0 aliphatic heterocycles. The Morgan fingerprint density at radius 1 is 0.795 bits per heavy atom. The van der Waals surface area contributed by atoms with E-state index in [1.165, 1.54) is 19.8 Å². The molecule has 0 saturated heterocycles. The maximum absolute atomic E-state index is 11.9. The van der Waals surface area contributed by atoms with Crippen molar-refractivity contribution in [3.63, 3.8) is 0 Å². The van der Waals surface area contributed by atoms with Crippen LogP contribution in [0.15, 0.2) is 48.6 Å². The van der Waals surface area contributed by atoms with Gasteiger partial charge < -0.3 is 27.9 Å². The normalized spacial score (nSPS) is 15.1. The third kappa shape index (κ3) is 29.3. The van der Waals surface area contributed by atoms with Crippen LogP contribution in [0.4, 0.5) is 0 Å². The van der Waals surface area contributed by atoms with E-state index < -0.39 is 19.9 Å². The molecule has 226 valence electrons. The summed E-state index contributed by atoms with van der Waals surface area (Å²) < 4.78 is 33.0. The lowest BCUT2D eigenvalue weighted by Crippen LogP contribution is -2.37. The minimum absolute atomic E-state index is 0.0163.